The lowest BCUT2D eigenvalue weighted by atomic mass is 9.47. The molecule has 0 aromatic heterocycles. The van der Waals surface area contributed by atoms with Gasteiger partial charge in [-0.2, -0.15) is 0 Å². The minimum Gasteiger partial charge on any atom is -0.462 e. The summed E-state index contributed by atoms with van der Waals surface area (Å²) in [6.45, 7) is 15.3. The van der Waals surface area contributed by atoms with Gasteiger partial charge in [0.2, 0.25) is 5.91 Å². The highest BCUT2D eigenvalue weighted by Crippen LogP contribution is 2.67. The van der Waals surface area contributed by atoms with E-state index in [0.29, 0.717) is 24.8 Å². The average molecular weight is 654 g/mol. The molecule has 8 atom stereocenters. The van der Waals surface area contributed by atoms with Crippen molar-refractivity contribution < 1.29 is 14.3 Å². The fourth-order valence-corrected chi connectivity index (χ4v) is 11.2. The van der Waals surface area contributed by atoms with Crippen molar-refractivity contribution in [3.05, 3.63) is 11.6 Å². The number of unbranched alkanes of at least 4 members (excludes halogenated alkanes) is 8. The Hall–Kier alpha value is -1.32. The minimum atomic E-state index is -0.136. The summed E-state index contributed by atoms with van der Waals surface area (Å²) in [5.41, 5.74) is 2.38. The van der Waals surface area contributed by atoms with Crippen LogP contribution in [0.2, 0.25) is 0 Å². The highest BCUT2D eigenvalue weighted by atomic mass is 16.5. The molecule has 4 rings (SSSR count). The molecule has 4 aliphatic rings. The minimum absolute atomic E-state index is 0.00207. The van der Waals surface area contributed by atoms with Gasteiger partial charge in [-0.15, -0.1) is 0 Å². The normalized spacial score (nSPS) is 32.3. The molecule has 4 unspecified atom stereocenters. The largest absolute Gasteiger partial charge is 0.462 e. The van der Waals surface area contributed by atoms with Crippen molar-refractivity contribution in [3.8, 4) is 0 Å². The fourth-order valence-electron chi connectivity index (χ4n) is 11.2. The van der Waals surface area contributed by atoms with Crippen LogP contribution in [-0.2, 0) is 14.3 Å². The molecular weight excluding hydrogens is 578 g/mol. The molecule has 0 radical (unpaired) electrons. The van der Waals surface area contributed by atoms with Gasteiger partial charge >= 0.3 is 5.97 Å². The Labute approximate surface area is 291 Å². The molecule has 0 aromatic carbocycles. The Bertz CT molecular complexity index is 1020. The van der Waals surface area contributed by atoms with Gasteiger partial charge in [0.25, 0.3) is 0 Å². The van der Waals surface area contributed by atoms with Crippen LogP contribution < -0.4 is 0 Å². The number of fused-ring (bicyclic) bond motifs is 5. The molecule has 0 heterocycles. The highest BCUT2D eigenvalue weighted by molar-refractivity contribution is 5.77. The van der Waals surface area contributed by atoms with Crippen LogP contribution in [0.25, 0.3) is 0 Å². The molecule has 0 spiro atoms. The summed E-state index contributed by atoms with van der Waals surface area (Å²) in [5, 5.41) is 0. The Morgan fingerprint density at radius 2 is 1.55 bits per heavy atom. The standard InChI is InChI=1S/C43H75NO3/c1-8-9-10-11-12-13-14-15-16-20-40(45)44(7)30-27-41(46)47-35-25-28-42(5)34(31-35)21-22-36-38-24-23-37(33(4)19-17-18-32(2)3)43(38,6)29-26-39(36)42/h21,32-33,35-39H,8-20,22-31H2,1-7H3/t33-,35?,36?,37-,38?,39?,42+,43-/m1/s1. The molecule has 3 fully saturated rings. The van der Waals surface area contributed by atoms with E-state index in [2.05, 4.69) is 47.6 Å². The second-order valence-electron chi connectivity index (χ2n) is 17.8. The number of hydrogen-bond acceptors (Lipinski definition) is 3. The molecular formula is C43H75NO3. The van der Waals surface area contributed by atoms with Crippen molar-refractivity contribution in [2.24, 2.45) is 46.3 Å². The van der Waals surface area contributed by atoms with Crippen LogP contribution in [-0.4, -0.2) is 36.5 Å². The molecule has 4 aliphatic carbocycles. The summed E-state index contributed by atoms with van der Waals surface area (Å²) in [6, 6.07) is 0. The number of nitrogens with zero attached hydrogens (tertiary/aromatic N) is 1. The summed E-state index contributed by atoms with van der Waals surface area (Å²) < 4.78 is 6.07. The number of allylic oxidation sites excluding steroid dienone is 1. The third-order valence-corrected chi connectivity index (χ3v) is 14.1. The summed E-state index contributed by atoms with van der Waals surface area (Å²) in [5.74, 6) is 5.10. The molecule has 4 heteroatoms. The maximum absolute atomic E-state index is 12.9. The summed E-state index contributed by atoms with van der Waals surface area (Å²) in [7, 11) is 1.84. The predicted octanol–water partition coefficient (Wildman–Crippen LogP) is 11.7. The van der Waals surface area contributed by atoms with E-state index in [-0.39, 0.29) is 23.4 Å². The zero-order valence-electron chi connectivity index (χ0n) is 32.1. The molecule has 0 aromatic rings. The topological polar surface area (TPSA) is 46.6 Å². The lowest BCUT2D eigenvalue weighted by molar-refractivity contribution is -0.152. The van der Waals surface area contributed by atoms with Crippen LogP contribution in [0.4, 0.5) is 0 Å². The van der Waals surface area contributed by atoms with Crippen molar-refractivity contribution in [1.29, 1.82) is 0 Å². The third-order valence-electron chi connectivity index (χ3n) is 14.1. The molecule has 47 heavy (non-hydrogen) atoms. The van der Waals surface area contributed by atoms with E-state index in [0.717, 1.165) is 67.6 Å². The lowest BCUT2D eigenvalue weighted by Crippen LogP contribution is -2.51. The molecule has 0 N–H and O–H groups in total. The van der Waals surface area contributed by atoms with Crippen molar-refractivity contribution in [1.82, 2.24) is 4.90 Å². The first kappa shape index (κ1) is 38.5. The summed E-state index contributed by atoms with van der Waals surface area (Å²) in [6.07, 6.45) is 28.9. The zero-order valence-corrected chi connectivity index (χ0v) is 32.1. The van der Waals surface area contributed by atoms with Crippen LogP contribution in [0.1, 0.15) is 183 Å². The number of carbonyl (C=O) groups is 2. The second-order valence-corrected chi connectivity index (χ2v) is 17.8. The number of carbonyl (C=O) groups excluding carboxylic acids is 2. The SMILES string of the molecule is CCCCCCCCCCCC(=O)N(C)CCC(=O)OC1CC[C@@]2(C)C(=CCC3C2CC[C@@]2(C)C3CC[C@@H]2[C@H](C)CCCC(C)C)C1. The number of rotatable bonds is 19. The molecule has 0 aliphatic heterocycles. The quantitative estimate of drug-likeness (QED) is 0.0791. The maximum atomic E-state index is 12.9. The van der Waals surface area contributed by atoms with Gasteiger partial charge in [0.1, 0.15) is 6.10 Å². The Balaban J connectivity index is 1.18. The van der Waals surface area contributed by atoms with Crippen LogP contribution in [0, 0.1) is 46.3 Å². The third kappa shape index (κ3) is 9.90. The second kappa shape index (κ2) is 18.1. The summed E-state index contributed by atoms with van der Waals surface area (Å²) >= 11 is 0. The van der Waals surface area contributed by atoms with E-state index >= 15 is 0 Å². The Kier molecular flexibility index (Phi) is 14.8. The number of esters is 1. The number of hydrogen-bond donors (Lipinski definition) is 0. The van der Waals surface area contributed by atoms with E-state index in [4.69, 9.17) is 4.74 Å². The van der Waals surface area contributed by atoms with Gasteiger partial charge in [0.05, 0.1) is 6.42 Å². The van der Waals surface area contributed by atoms with Crippen molar-refractivity contribution >= 4 is 11.9 Å². The first-order valence-electron chi connectivity index (χ1n) is 20.6. The van der Waals surface area contributed by atoms with E-state index in [1.807, 2.05) is 7.05 Å². The van der Waals surface area contributed by atoms with Crippen molar-refractivity contribution in [2.75, 3.05) is 13.6 Å². The van der Waals surface area contributed by atoms with E-state index in [1.165, 1.54) is 96.3 Å². The molecule has 0 bridgehead atoms. The van der Waals surface area contributed by atoms with Gasteiger partial charge in [-0.05, 0) is 97.7 Å². The fraction of sp³-hybridized carbons (Fsp3) is 0.907. The van der Waals surface area contributed by atoms with Gasteiger partial charge in [0, 0.05) is 26.4 Å². The van der Waals surface area contributed by atoms with Gasteiger partial charge in [-0.25, -0.2) is 0 Å². The van der Waals surface area contributed by atoms with Gasteiger partial charge in [0.15, 0.2) is 0 Å². The molecule has 1 amide bonds. The van der Waals surface area contributed by atoms with Crippen molar-refractivity contribution in [3.63, 3.8) is 0 Å². The van der Waals surface area contributed by atoms with Gasteiger partial charge in [-0.1, -0.05) is 124 Å². The Morgan fingerprint density at radius 1 is 0.851 bits per heavy atom. The maximum Gasteiger partial charge on any atom is 0.307 e. The van der Waals surface area contributed by atoms with E-state index < -0.39 is 0 Å². The first-order chi connectivity index (χ1) is 22.5. The Morgan fingerprint density at radius 3 is 2.26 bits per heavy atom. The number of ether oxygens (including phenoxy) is 1. The van der Waals surface area contributed by atoms with Crippen LogP contribution >= 0.6 is 0 Å². The van der Waals surface area contributed by atoms with Crippen LogP contribution in [0.5, 0.6) is 0 Å². The molecule has 3 saturated carbocycles. The highest BCUT2D eigenvalue weighted by Gasteiger charge is 2.59. The lowest BCUT2D eigenvalue weighted by Gasteiger charge is -2.58. The average Bonchev–Trinajstić information content (AvgIpc) is 3.40. The predicted molar refractivity (Wildman–Crippen MR) is 197 cm³/mol. The van der Waals surface area contributed by atoms with Crippen LogP contribution in [0.15, 0.2) is 11.6 Å². The smallest absolute Gasteiger partial charge is 0.307 e. The first-order valence-corrected chi connectivity index (χ1v) is 20.6. The van der Waals surface area contributed by atoms with E-state index in [1.54, 1.807) is 10.5 Å². The monoisotopic (exact) mass is 654 g/mol. The summed E-state index contributed by atoms with van der Waals surface area (Å²) in [4.78, 5) is 27.3. The molecule has 4 nitrogen and oxygen atoms in total. The van der Waals surface area contributed by atoms with Crippen LogP contribution in [0.3, 0.4) is 0 Å². The van der Waals surface area contributed by atoms with Gasteiger partial charge in [-0.3, -0.25) is 9.59 Å². The van der Waals surface area contributed by atoms with Gasteiger partial charge < -0.3 is 9.64 Å². The molecule has 0 saturated heterocycles. The number of amides is 1. The zero-order chi connectivity index (χ0) is 34.0. The van der Waals surface area contributed by atoms with E-state index in [9.17, 15) is 9.59 Å². The van der Waals surface area contributed by atoms with Crippen molar-refractivity contribution in [2.45, 2.75) is 189 Å². The molecule has 270 valence electrons.